The van der Waals surface area contributed by atoms with Gasteiger partial charge in [0, 0.05) is 19.3 Å². The van der Waals surface area contributed by atoms with Crippen LogP contribution in [0.5, 0.6) is 0 Å². The van der Waals surface area contributed by atoms with Gasteiger partial charge in [-0.1, -0.05) is 241 Å². The largest absolute Gasteiger partial charge is 0.462 e. The van der Waals surface area contributed by atoms with Crippen molar-refractivity contribution in [1.82, 2.24) is 0 Å². The van der Waals surface area contributed by atoms with Crippen LogP contribution in [0, 0.1) is 0 Å². The van der Waals surface area contributed by atoms with Crippen molar-refractivity contribution >= 4 is 17.9 Å². The molecule has 0 aliphatic heterocycles. The summed E-state index contributed by atoms with van der Waals surface area (Å²) in [7, 11) is 0. The van der Waals surface area contributed by atoms with Gasteiger partial charge in [0.15, 0.2) is 6.10 Å². The molecule has 0 spiro atoms. The first kappa shape index (κ1) is 65.8. The van der Waals surface area contributed by atoms with Gasteiger partial charge >= 0.3 is 17.9 Å². The third-order valence-electron chi connectivity index (χ3n) is 12.7. The van der Waals surface area contributed by atoms with Crippen molar-refractivity contribution < 1.29 is 28.6 Å². The van der Waals surface area contributed by atoms with E-state index < -0.39 is 6.10 Å². The maximum absolute atomic E-state index is 12.8. The van der Waals surface area contributed by atoms with E-state index in [4.69, 9.17) is 14.2 Å². The molecule has 0 radical (unpaired) electrons. The first-order valence-electron chi connectivity index (χ1n) is 29.4. The molecule has 0 aliphatic carbocycles. The predicted molar refractivity (Wildman–Crippen MR) is 298 cm³/mol. The van der Waals surface area contributed by atoms with Crippen molar-refractivity contribution in [1.29, 1.82) is 0 Å². The Morgan fingerprint density at radius 2 is 0.580 bits per heavy atom. The Labute approximate surface area is 427 Å². The molecule has 6 heteroatoms. The van der Waals surface area contributed by atoms with Gasteiger partial charge in [0.1, 0.15) is 13.2 Å². The highest BCUT2D eigenvalue weighted by Crippen LogP contribution is 2.16. The quantitative estimate of drug-likeness (QED) is 0.0262. The minimum atomic E-state index is -0.792. The zero-order valence-electron chi connectivity index (χ0n) is 45.6. The van der Waals surface area contributed by atoms with Crippen molar-refractivity contribution in [3.8, 4) is 0 Å². The fourth-order valence-electron chi connectivity index (χ4n) is 8.23. The van der Waals surface area contributed by atoms with E-state index in [2.05, 4.69) is 93.7 Å². The summed E-state index contributed by atoms with van der Waals surface area (Å²) in [5, 5.41) is 0. The molecular formula is C63H110O6. The number of unbranched alkanes of at least 4 members (excludes halogenated alkanes) is 30. The van der Waals surface area contributed by atoms with Crippen LogP contribution in [-0.4, -0.2) is 37.2 Å². The zero-order valence-corrected chi connectivity index (χ0v) is 45.6. The number of carbonyl (C=O) groups excluding carboxylic acids is 3. The van der Waals surface area contributed by atoms with Crippen molar-refractivity contribution in [2.75, 3.05) is 13.2 Å². The second-order valence-electron chi connectivity index (χ2n) is 19.5. The average Bonchev–Trinajstić information content (AvgIpc) is 3.35. The number of hydrogen-bond acceptors (Lipinski definition) is 6. The van der Waals surface area contributed by atoms with E-state index in [1.165, 1.54) is 154 Å². The van der Waals surface area contributed by atoms with E-state index in [0.717, 1.165) is 96.3 Å². The van der Waals surface area contributed by atoms with Gasteiger partial charge in [0.05, 0.1) is 0 Å². The molecule has 0 saturated heterocycles. The lowest BCUT2D eigenvalue weighted by Gasteiger charge is -2.18. The summed E-state index contributed by atoms with van der Waals surface area (Å²) in [6.07, 6.45) is 73.5. The van der Waals surface area contributed by atoms with E-state index in [1.54, 1.807) is 0 Å². The average molecular weight is 964 g/mol. The van der Waals surface area contributed by atoms with Crippen LogP contribution < -0.4 is 0 Å². The highest BCUT2D eigenvalue weighted by atomic mass is 16.6. The van der Waals surface area contributed by atoms with Gasteiger partial charge in [-0.2, -0.15) is 0 Å². The Bertz CT molecular complexity index is 1290. The fourth-order valence-corrected chi connectivity index (χ4v) is 8.23. The smallest absolute Gasteiger partial charge is 0.306 e. The molecule has 0 heterocycles. The number of allylic oxidation sites excluding steroid dienone is 12. The summed E-state index contributed by atoms with van der Waals surface area (Å²) in [5.74, 6) is -0.923. The van der Waals surface area contributed by atoms with Crippen LogP contribution in [0.1, 0.15) is 290 Å². The molecule has 0 aromatic carbocycles. The molecule has 0 saturated carbocycles. The van der Waals surface area contributed by atoms with E-state index in [9.17, 15) is 14.4 Å². The molecule has 0 aromatic heterocycles. The van der Waals surface area contributed by atoms with Gasteiger partial charge in [0.2, 0.25) is 0 Å². The number of carbonyl (C=O) groups is 3. The van der Waals surface area contributed by atoms with Crippen molar-refractivity contribution in [2.24, 2.45) is 0 Å². The summed E-state index contributed by atoms with van der Waals surface area (Å²) in [5.41, 5.74) is 0. The van der Waals surface area contributed by atoms with Gasteiger partial charge in [0.25, 0.3) is 0 Å². The second-order valence-corrected chi connectivity index (χ2v) is 19.5. The monoisotopic (exact) mass is 963 g/mol. The standard InChI is InChI=1S/C63H110O6/c1-4-7-10-13-16-19-22-24-25-26-27-28-29-30-31-32-33-34-35-36-37-39-41-44-47-50-53-56-62(65)68-59-60(58-67-61(64)55-52-49-46-43-40-21-18-15-12-9-6-3)69-63(66)57-54-51-48-45-42-38-23-20-17-14-11-8-5-2/h8,11,15,17-18,20,22,24,26-27,38,42,60H,4-7,9-10,12-14,16,19,21,23,25,28-37,39-41,43-59H2,1-3H3/b11-8-,18-15-,20-17-,24-22-,27-26-,42-38-. The Morgan fingerprint density at radius 3 is 0.957 bits per heavy atom. The SMILES string of the molecule is CC/C=C\C/C=C\C/C=C\CCCCCC(=O)OC(COC(=O)CCCCCCC/C=C\CCCC)COC(=O)CCCCCCCCCCCCCCCCC/C=C\C/C=C\CCCCCCC. The summed E-state index contributed by atoms with van der Waals surface area (Å²) >= 11 is 0. The maximum Gasteiger partial charge on any atom is 0.306 e. The molecule has 0 aromatic rings. The highest BCUT2D eigenvalue weighted by molar-refractivity contribution is 5.71. The van der Waals surface area contributed by atoms with Gasteiger partial charge in [-0.05, 0) is 103 Å². The third kappa shape index (κ3) is 55.6. The highest BCUT2D eigenvalue weighted by Gasteiger charge is 2.19. The van der Waals surface area contributed by atoms with Gasteiger partial charge in [-0.3, -0.25) is 14.4 Å². The number of hydrogen-bond donors (Lipinski definition) is 0. The Morgan fingerprint density at radius 1 is 0.304 bits per heavy atom. The van der Waals surface area contributed by atoms with E-state index in [1.807, 2.05) is 0 Å². The van der Waals surface area contributed by atoms with Crippen LogP contribution in [-0.2, 0) is 28.6 Å². The molecule has 0 rings (SSSR count). The lowest BCUT2D eigenvalue weighted by Crippen LogP contribution is -2.30. The molecule has 6 nitrogen and oxygen atoms in total. The fraction of sp³-hybridized carbons (Fsp3) is 0.762. The Hall–Kier alpha value is -3.15. The van der Waals surface area contributed by atoms with Crippen molar-refractivity contribution in [2.45, 2.75) is 297 Å². The molecular weight excluding hydrogens is 853 g/mol. The molecule has 0 fully saturated rings. The summed E-state index contributed by atoms with van der Waals surface area (Å²) in [6, 6.07) is 0. The zero-order chi connectivity index (χ0) is 50.0. The minimum absolute atomic E-state index is 0.0888. The van der Waals surface area contributed by atoms with Crippen LogP contribution in [0.15, 0.2) is 72.9 Å². The van der Waals surface area contributed by atoms with Crippen molar-refractivity contribution in [3.05, 3.63) is 72.9 Å². The molecule has 0 bridgehead atoms. The van der Waals surface area contributed by atoms with Crippen molar-refractivity contribution in [3.63, 3.8) is 0 Å². The second kappa shape index (κ2) is 57.4. The molecule has 398 valence electrons. The van der Waals surface area contributed by atoms with Gasteiger partial charge < -0.3 is 14.2 Å². The topological polar surface area (TPSA) is 78.9 Å². The van der Waals surface area contributed by atoms with E-state index >= 15 is 0 Å². The van der Waals surface area contributed by atoms with Gasteiger partial charge in [-0.25, -0.2) is 0 Å². The summed E-state index contributed by atoms with van der Waals surface area (Å²) in [4.78, 5) is 38.0. The molecule has 0 N–H and O–H groups in total. The normalized spacial score (nSPS) is 12.6. The van der Waals surface area contributed by atoms with Crippen LogP contribution in [0.2, 0.25) is 0 Å². The molecule has 0 aliphatic rings. The molecule has 0 amide bonds. The molecule has 1 atom stereocenters. The number of rotatable bonds is 53. The first-order valence-corrected chi connectivity index (χ1v) is 29.4. The number of ether oxygens (including phenoxy) is 3. The third-order valence-corrected chi connectivity index (χ3v) is 12.7. The molecule has 69 heavy (non-hydrogen) atoms. The maximum atomic E-state index is 12.8. The van der Waals surface area contributed by atoms with Crippen LogP contribution in [0.3, 0.4) is 0 Å². The first-order chi connectivity index (χ1) is 34.0. The lowest BCUT2D eigenvalue weighted by molar-refractivity contribution is -0.167. The Balaban J connectivity index is 4.19. The summed E-state index contributed by atoms with van der Waals surface area (Å²) < 4.78 is 16.8. The Kier molecular flexibility index (Phi) is 54.8. The van der Waals surface area contributed by atoms with Gasteiger partial charge in [-0.15, -0.1) is 0 Å². The summed E-state index contributed by atoms with van der Waals surface area (Å²) in [6.45, 7) is 6.46. The lowest BCUT2D eigenvalue weighted by atomic mass is 10.0. The van der Waals surface area contributed by atoms with Crippen LogP contribution >= 0.6 is 0 Å². The number of esters is 3. The van der Waals surface area contributed by atoms with E-state index in [-0.39, 0.29) is 31.1 Å². The minimum Gasteiger partial charge on any atom is -0.462 e. The molecule has 1 unspecified atom stereocenters. The van der Waals surface area contributed by atoms with E-state index in [0.29, 0.717) is 19.3 Å². The van der Waals surface area contributed by atoms with Crippen LogP contribution in [0.4, 0.5) is 0 Å². The predicted octanol–water partition coefficient (Wildman–Crippen LogP) is 19.8. The van der Waals surface area contributed by atoms with Crippen LogP contribution in [0.25, 0.3) is 0 Å².